The first-order chi connectivity index (χ1) is 9.33. The molecule has 0 unspecified atom stereocenters. The Balaban J connectivity index is 1.95. The van der Waals surface area contributed by atoms with Crippen LogP contribution in [0.25, 0.3) is 22.6 Å². The van der Waals surface area contributed by atoms with Gasteiger partial charge >= 0.3 is 0 Å². The number of hydrogen-bond acceptors (Lipinski definition) is 6. The van der Waals surface area contributed by atoms with Gasteiger partial charge in [-0.15, -0.1) is 0 Å². The molecular formula is C12H12N6O. The molecule has 3 heterocycles. The van der Waals surface area contributed by atoms with Gasteiger partial charge < -0.3 is 10.3 Å². The van der Waals surface area contributed by atoms with Gasteiger partial charge in [0, 0.05) is 12.7 Å². The van der Waals surface area contributed by atoms with Crippen LogP contribution < -0.4 is 5.73 Å². The molecule has 1 fully saturated rings. The number of nitrogens with two attached hydrogens (primary N) is 1. The Morgan fingerprint density at radius 1 is 1.37 bits per heavy atom. The van der Waals surface area contributed by atoms with Crippen molar-refractivity contribution in [3.63, 3.8) is 0 Å². The molecule has 0 radical (unpaired) electrons. The smallest absolute Gasteiger partial charge is 0.199 e. The van der Waals surface area contributed by atoms with Crippen LogP contribution in [0.2, 0.25) is 0 Å². The number of nitrogens with zero attached hydrogens (tertiary/aromatic N) is 5. The molecule has 0 aromatic carbocycles. The molecular weight excluding hydrogens is 244 g/mol. The van der Waals surface area contributed by atoms with Crippen molar-refractivity contribution < 1.29 is 4.63 Å². The minimum absolute atomic E-state index is 0.264. The summed E-state index contributed by atoms with van der Waals surface area (Å²) >= 11 is 0. The van der Waals surface area contributed by atoms with E-state index in [0.29, 0.717) is 17.4 Å². The molecule has 19 heavy (non-hydrogen) atoms. The van der Waals surface area contributed by atoms with E-state index >= 15 is 0 Å². The number of fused-ring (bicyclic) bond motifs is 1. The average molecular weight is 256 g/mol. The van der Waals surface area contributed by atoms with Gasteiger partial charge in [0.05, 0.1) is 11.7 Å². The molecule has 0 aliphatic heterocycles. The van der Waals surface area contributed by atoms with Gasteiger partial charge in [-0.25, -0.2) is 9.61 Å². The first-order valence-electron chi connectivity index (χ1n) is 6.21. The van der Waals surface area contributed by atoms with E-state index in [1.807, 2.05) is 6.07 Å². The van der Waals surface area contributed by atoms with Crippen LogP contribution in [0.4, 0.5) is 5.82 Å². The van der Waals surface area contributed by atoms with E-state index in [4.69, 9.17) is 5.73 Å². The highest BCUT2D eigenvalue weighted by atomic mass is 16.6. The number of pyridine rings is 1. The van der Waals surface area contributed by atoms with Gasteiger partial charge in [0.2, 0.25) is 0 Å². The lowest BCUT2D eigenvalue weighted by atomic mass is 10.3. The SMILES string of the molecule is Nc1nonc1-c1nc2cnccc2n1CC1CC1. The van der Waals surface area contributed by atoms with E-state index in [2.05, 4.69) is 29.5 Å². The van der Waals surface area contributed by atoms with Crippen LogP contribution in [0.1, 0.15) is 12.8 Å². The minimum Gasteiger partial charge on any atom is -0.379 e. The molecule has 0 amide bonds. The summed E-state index contributed by atoms with van der Waals surface area (Å²) in [7, 11) is 0. The molecule has 1 saturated carbocycles. The molecule has 3 aromatic heterocycles. The highest BCUT2D eigenvalue weighted by molar-refractivity contribution is 5.80. The summed E-state index contributed by atoms with van der Waals surface area (Å²) in [5.41, 5.74) is 8.15. The summed E-state index contributed by atoms with van der Waals surface area (Å²) in [5.74, 6) is 1.68. The topological polar surface area (TPSA) is 95.7 Å². The molecule has 96 valence electrons. The largest absolute Gasteiger partial charge is 0.379 e. The summed E-state index contributed by atoms with van der Waals surface area (Å²) in [6.45, 7) is 0.919. The van der Waals surface area contributed by atoms with Crippen molar-refractivity contribution in [2.45, 2.75) is 19.4 Å². The van der Waals surface area contributed by atoms with Crippen molar-refractivity contribution in [1.29, 1.82) is 0 Å². The Kier molecular flexibility index (Phi) is 2.08. The van der Waals surface area contributed by atoms with E-state index in [9.17, 15) is 0 Å². The summed E-state index contributed by atoms with van der Waals surface area (Å²) in [6.07, 6.45) is 6.03. The number of imidazole rings is 1. The Bertz CT molecular complexity index is 742. The molecule has 2 N–H and O–H groups in total. The molecule has 7 heteroatoms. The Hall–Kier alpha value is -2.44. The second kappa shape index (κ2) is 3.78. The number of rotatable bonds is 3. The highest BCUT2D eigenvalue weighted by Gasteiger charge is 2.26. The number of nitrogen functional groups attached to an aromatic ring is 1. The molecule has 1 aliphatic carbocycles. The van der Waals surface area contributed by atoms with Crippen LogP contribution in [-0.4, -0.2) is 24.8 Å². The second-order valence-corrected chi connectivity index (χ2v) is 4.85. The average Bonchev–Trinajstić information content (AvgIpc) is 3.03. The van der Waals surface area contributed by atoms with E-state index in [-0.39, 0.29) is 5.82 Å². The lowest BCUT2D eigenvalue weighted by Gasteiger charge is -2.06. The van der Waals surface area contributed by atoms with Gasteiger partial charge in [0.25, 0.3) is 0 Å². The maximum Gasteiger partial charge on any atom is 0.199 e. The fourth-order valence-corrected chi connectivity index (χ4v) is 2.26. The summed E-state index contributed by atoms with van der Waals surface area (Å²) in [6, 6.07) is 1.96. The van der Waals surface area contributed by atoms with Crippen LogP contribution in [0.15, 0.2) is 23.1 Å². The number of hydrogen-bond donors (Lipinski definition) is 1. The van der Waals surface area contributed by atoms with E-state index < -0.39 is 0 Å². The predicted octanol–water partition coefficient (Wildman–Crippen LogP) is 1.47. The first kappa shape index (κ1) is 10.5. The molecule has 4 rings (SSSR count). The van der Waals surface area contributed by atoms with Gasteiger partial charge in [-0.3, -0.25) is 4.98 Å². The second-order valence-electron chi connectivity index (χ2n) is 4.85. The van der Waals surface area contributed by atoms with Crippen molar-refractivity contribution in [2.24, 2.45) is 5.92 Å². The van der Waals surface area contributed by atoms with Gasteiger partial charge in [-0.1, -0.05) is 0 Å². The normalized spacial score (nSPS) is 15.2. The predicted molar refractivity (Wildman–Crippen MR) is 68.0 cm³/mol. The Morgan fingerprint density at radius 3 is 3.00 bits per heavy atom. The maximum absolute atomic E-state index is 5.77. The fraction of sp³-hybridized carbons (Fsp3) is 0.333. The summed E-state index contributed by atoms with van der Waals surface area (Å²) in [4.78, 5) is 8.65. The van der Waals surface area contributed by atoms with Crippen LogP contribution >= 0.6 is 0 Å². The minimum atomic E-state index is 0.264. The molecule has 0 saturated heterocycles. The third-order valence-corrected chi connectivity index (χ3v) is 3.41. The van der Waals surface area contributed by atoms with Crippen LogP contribution in [0, 0.1) is 5.92 Å². The van der Waals surface area contributed by atoms with Crippen molar-refractivity contribution in [1.82, 2.24) is 24.8 Å². The molecule has 0 spiro atoms. The Morgan fingerprint density at radius 2 is 2.26 bits per heavy atom. The molecule has 1 aliphatic rings. The van der Waals surface area contributed by atoms with Crippen molar-refractivity contribution in [3.05, 3.63) is 18.5 Å². The molecule has 0 bridgehead atoms. The quantitative estimate of drug-likeness (QED) is 0.762. The summed E-state index contributed by atoms with van der Waals surface area (Å²) < 4.78 is 6.81. The Labute approximate surface area is 108 Å². The van der Waals surface area contributed by atoms with Crippen LogP contribution in [-0.2, 0) is 6.54 Å². The van der Waals surface area contributed by atoms with Gasteiger partial charge in [-0.05, 0) is 35.1 Å². The van der Waals surface area contributed by atoms with Gasteiger partial charge in [0.1, 0.15) is 5.52 Å². The fourth-order valence-electron chi connectivity index (χ4n) is 2.26. The van der Waals surface area contributed by atoms with Gasteiger partial charge in [0.15, 0.2) is 17.3 Å². The number of aromatic nitrogens is 5. The molecule has 0 atom stereocenters. The monoisotopic (exact) mass is 256 g/mol. The lowest BCUT2D eigenvalue weighted by Crippen LogP contribution is -2.03. The molecule has 3 aromatic rings. The van der Waals surface area contributed by atoms with Gasteiger partial charge in [-0.2, -0.15) is 0 Å². The zero-order chi connectivity index (χ0) is 12.8. The first-order valence-corrected chi connectivity index (χ1v) is 6.21. The third kappa shape index (κ3) is 1.66. The van der Waals surface area contributed by atoms with Crippen molar-refractivity contribution in [3.8, 4) is 11.5 Å². The highest BCUT2D eigenvalue weighted by Crippen LogP contribution is 2.34. The maximum atomic E-state index is 5.77. The third-order valence-electron chi connectivity index (χ3n) is 3.41. The van der Waals surface area contributed by atoms with Crippen LogP contribution in [0.5, 0.6) is 0 Å². The zero-order valence-electron chi connectivity index (χ0n) is 10.2. The zero-order valence-corrected chi connectivity index (χ0v) is 10.2. The van der Waals surface area contributed by atoms with E-state index in [0.717, 1.165) is 17.6 Å². The lowest BCUT2D eigenvalue weighted by molar-refractivity contribution is 0.310. The molecule has 7 nitrogen and oxygen atoms in total. The van der Waals surface area contributed by atoms with Crippen molar-refractivity contribution in [2.75, 3.05) is 5.73 Å². The van der Waals surface area contributed by atoms with Crippen molar-refractivity contribution >= 4 is 16.9 Å². The van der Waals surface area contributed by atoms with E-state index in [1.54, 1.807) is 12.4 Å². The van der Waals surface area contributed by atoms with E-state index in [1.165, 1.54) is 12.8 Å². The number of anilines is 1. The standard InChI is InChI=1S/C12H12N6O/c13-11-10(16-19-17-11)12-15-8-5-14-4-3-9(8)18(12)6-7-1-2-7/h3-5,7H,1-2,6H2,(H2,13,17). The van der Waals surface area contributed by atoms with Crippen LogP contribution in [0.3, 0.4) is 0 Å². The summed E-state index contributed by atoms with van der Waals surface area (Å²) in [5, 5.41) is 7.48.